The van der Waals surface area contributed by atoms with Crippen LogP contribution in [0, 0.1) is 0 Å². The average Bonchev–Trinajstić information content (AvgIpc) is 4.01. The Morgan fingerprint density at radius 2 is 0.603 bits per heavy atom. The average molecular weight is 803 g/mol. The first-order valence-corrected chi connectivity index (χ1v) is 21.6. The van der Waals surface area contributed by atoms with Crippen molar-refractivity contribution in [3.63, 3.8) is 0 Å². The van der Waals surface area contributed by atoms with Crippen LogP contribution in [0.25, 0.3) is 121 Å². The number of furan rings is 1. The Hall–Kier alpha value is -8.40. The van der Waals surface area contributed by atoms with Crippen molar-refractivity contribution in [1.29, 1.82) is 0 Å². The Kier molecular flexibility index (Phi) is 7.91. The van der Waals surface area contributed by atoms with E-state index in [1.807, 2.05) is 0 Å². The number of para-hydroxylation sites is 3. The Labute approximate surface area is 363 Å². The number of benzene rings is 10. The van der Waals surface area contributed by atoms with Crippen molar-refractivity contribution in [1.82, 2.24) is 9.13 Å². The summed E-state index contributed by atoms with van der Waals surface area (Å²) in [6.45, 7) is 0. The third kappa shape index (κ3) is 5.75. The van der Waals surface area contributed by atoms with E-state index < -0.39 is 0 Å². The van der Waals surface area contributed by atoms with E-state index in [2.05, 4.69) is 240 Å². The van der Waals surface area contributed by atoms with Gasteiger partial charge < -0.3 is 13.6 Å². The second kappa shape index (κ2) is 14.1. The van der Waals surface area contributed by atoms with Gasteiger partial charge in [-0.05, 0) is 136 Å². The maximum absolute atomic E-state index is 6.46. The first kappa shape index (κ1) is 35.4. The molecule has 13 rings (SSSR count). The van der Waals surface area contributed by atoms with Crippen LogP contribution in [0.2, 0.25) is 0 Å². The molecule has 3 aromatic heterocycles. The predicted octanol–water partition coefficient (Wildman–Crippen LogP) is 16.4. The van der Waals surface area contributed by atoms with E-state index in [1.54, 1.807) is 0 Å². The second-order valence-electron chi connectivity index (χ2n) is 16.5. The van der Waals surface area contributed by atoms with E-state index in [1.165, 1.54) is 77.0 Å². The summed E-state index contributed by atoms with van der Waals surface area (Å²) in [5.74, 6) is 0. The van der Waals surface area contributed by atoms with Crippen LogP contribution >= 0.6 is 0 Å². The van der Waals surface area contributed by atoms with Gasteiger partial charge >= 0.3 is 0 Å². The molecule has 0 bridgehead atoms. The third-order valence-electron chi connectivity index (χ3n) is 12.9. The number of hydrogen-bond donors (Lipinski definition) is 0. The minimum absolute atomic E-state index is 0.888. The molecule has 0 radical (unpaired) electrons. The first-order valence-electron chi connectivity index (χ1n) is 21.6. The maximum Gasteiger partial charge on any atom is 0.135 e. The van der Waals surface area contributed by atoms with Crippen molar-refractivity contribution in [2.45, 2.75) is 0 Å². The van der Waals surface area contributed by atoms with Crippen molar-refractivity contribution in [3.05, 3.63) is 231 Å². The van der Waals surface area contributed by atoms with Crippen LogP contribution in [-0.4, -0.2) is 9.13 Å². The van der Waals surface area contributed by atoms with Gasteiger partial charge in [-0.25, -0.2) is 0 Å². The molecule has 3 nitrogen and oxygen atoms in total. The molecule has 0 aliphatic rings. The first-order chi connectivity index (χ1) is 31.2. The lowest BCUT2D eigenvalue weighted by molar-refractivity contribution is 0.669. The van der Waals surface area contributed by atoms with Crippen molar-refractivity contribution in [2.75, 3.05) is 0 Å². The van der Waals surface area contributed by atoms with E-state index in [0.717, 1.165) is 44.4 Å². The van der Waals surface area contributed by atoms with Crippen LogP contribution in [0.3, 0.4) is 0 Å². The molecule has 0 saturated heterocycles. The fraction of sp³-hybridized carbons (Fsp3) is 0. The standard InChI is InChI=1S/C60H38N2O/c1-3-13-39(14-4-1)40-15-11-16-41(33-40)42-17-12-20-48(34-42)62-56-24-10-8-22-50(56)52-36-44(26-30-58(52)62)46-28-32-60-54(38-46)53-37-45(27-31-59(53)63-60)43-25-29-57-51(35-43)49-21-7-9-23-55(49)61(57)47-18-5-2-6-19-47/h1-38H. The topological polar surface area (TPSA) is 23.0 Å². The molecule has 0 N–H and O–H groups in total. The fourth-order valence-corrected chi connectivity index (χ4v) is 9.91. The lowest BCUT2D eigenvalue weighted by atomic mass is 9.98. The molecule has 0 amide bonds. The van der Waals surface area contributed by atoms with Gasteiger partial charge in [0.15, 0.2) is 0 Å². The van der Waals surface area contributed by atoms with Gasteiger partial charge in [-0.3, -0.25) is 0 Å². The molecule has 294 valence electrons. The van der Waals surface area contributed by atoms with E-state index in [-0.39, 0.29) is 0 Å². The molecular weight excluding hydrogens is 765 g/mol. The van der Waals surface area contributed by atoms with Gasteiger partial charge in [0.05, 0.1) is 22.1 Å². The summed E-state index contributed by atoms with van der Waals surface area (Å²) >= 11 is 0. The quantitative estimate of drug-likeness (QED) is 0.164. The minimum Gasteiger partial charge on any atom is -0.456 e. The van der Waals surface area contributed by atoms with Crippen molar-refractivity contribution >= 4 is 65.6 Å². The largest absolute Gasteiger partial charge is 0.456 e. The number of fused-ring (bicyclic) bond motifs is 9. The molecule has 0 aliphatic carbocycles. The number of hydrogen-bond acceptors (Lipinski definition) is 1. The van der Waals surface area contributed by atoms with Crippen LogP contribution in [0.5, 0.6) is 0 Å². The predicted molar refractivity (Wildman–Crippen MR) is 264 cm³/mol. The smallest absolute Gasteiger partial charge is 0.135 e. The molecule has 3 heterocycles. The van der Waals surface area contributed by atoms with Crippen molar-refractivity contribution in [2.24, 2.45) is 0 Å². The highest BCUT2D eigenvalue weighted by Gasteiger charge is 2.17. The molecule has 0 saturated carbocycles. The van der Waals surface area contributed by atoms with E-state index in [0.29, 0.717) is 0 Å². The molecule has 0 aliphatic heterocycles. The van der Waals surface area contributed by atoms with Gasteiger partial charge in [-0.2, -0.15) is 0 Å². The molecular formula is C60H38N2O. The van der Waals surface area contributed by atoms with E-state index in [9.17, 15) is 0 Å². The van der Waals surface area contributed by atoms with Gasteiger partial charge in [-0.15, -0.1) is 0 Å². The highest BCUT2D eigenvalue weighted by Crippen LogP contribution is 2.40. The van der Waals surface area contributed by atoms with Crippen LogP contribution in [0.15, 0.2) is 235 Å². The maximum atomic E-state index is 6.46. The molecule has 3 heteroatoms. The van der Waals surface area contributed by atoms with Crippen molar-refractivity contribution < 1.29 is 4.42 Å². The van der Waals surface area contributed by atoms with E-state index >= 15 is 0 Å². The van der Waals surface area contributed by atoms with Gasteiger partial charge in [0, 0.05) is 43.7 Å². The fourth-order valence-electron chi connectivity index (χ4n) is 9.91. The molecule has 0 spiro atoms. The van der Waals surface area contributed by atoms with Crippen LogP contribution < -0.4 is 0 Å². The van der Waals surface area contributed by atoms with E-state index in [4.69, 9.17) is 4.42 Å². The Morgan fingerprint density at radius 3 is 1.19 bits per heavy atom. The van der Waals surface area contributed by atoms with Crippen LogP contribution in [0.4, 0.5) is 0 Å². The lowest BCUT2D eigenvalue weighted by Gasteiger charge is -2.11. The van der Waals surface area contributed by atoms with Gasteiger partial charge in [-0.1, -0.05) is 140 Å². The zero-order valence-corrected chi connectivity index (χ0v) is 34.2. The molecule has 0 atom stereocenters. The molecule has 0 fully saturated rings. The van der Waals surface area contributed by atoms with Gasteiger partial charge in [0.1, 0.15) is 11.2 Å². The third-order valence-corrected chi connectivity index (χ3v) is 12.9. The lowest BCUT2D eigenvalue weighted by Crippen LogP contribution is -1.94. The number of aromatic nitrogens is 2. The molecule has 63 heavy (non-hydrogen) atoms. The highest BCUT2D eigenvalue weighted by atomic mass is 16.3. The monoisotopic (exact) mass is 802 g/mol. The van der Waals surface area contributed by atoms with Gasteiger partial charge in [0.2, 0.25) is 0 Å². The normalized spacial score (nSPS) is 11.8. The summed E-state index contributed by atoms with van der Waals surface area (Å²) in [6, 6.07) is 83.4. The zero-order valence-electron chi connectivity index (χ0n) is 34.2. The molecule has 0 unspecified atom stereocenters. The number of rotatable bonds is 6. The van der Waals surface area contributed by atoms with Crippen LogP contribution in [0.1, 0.15) is 0 Å². The van der Waals surface area contributed by atoms with Crippen molar-refractivity contribution in [3.8, 4) is 55.9 Å². The Balaban J connectivity index is 0.893. The summed E-state index contributed by atoms with van der Waals surface area (Å²) in [5, 5.41) is 7.17. The molecule has 13 aromatic rings. The Bertz CT molecular complexity index is 3900. The number of nitrogens with zero attached hydrogens (tertiary/aromatic N) is 2. The summed E-state index contributed by atoms with van der Waals surface area (Å²) < 4.78 is 11.2. The van der Waals surface area contributed by atoms with Crippen LogP contribution in [-0.2, 0) is 0 Å². The summed E-state index contributed by atoms with van der Waals surface area (Å²) in [4.78, 5) is 0. The van der Waals surface area contributed by atoms with Gasteiger partial charge in [0.25, 0.3) is 0 Å². The minimum atomic E-state index is 0.888. The Morgan fingerprint density at radius 1 is 0.222 bits per heavy atom. The summed E-state index contributed by atoms with van der Waals surface area (Å²) in [5.41, 5.74) is 18.3. The molecule has 10 aromatic carbocycles. The SMILES string of the molecule is c1ccc(-c2cccc(-c3cccc(-n4c5ccccc5c5cc(-c6ccc7oc8ccc(-c9ccc%10c(c9)c9ccccc9n%10-c9ccccc9)cc8c7c6)ccc54)c3)c2)cc1. The summed E-state index contributed by atoms with van der Waals surface area (Å²) in [7, 11) is 0. The zero-order chi connectivity index (χ0) is 41.4. The highest BCUT2D eigenvalue weighted by molar-refractivity contribution is 6.13. The summed E-state index contributed by atoms with van der Waals surface area (Å²) in [6.07, 6.45) is 0. The second-order valence-corrected chi connectivity index (χ2v) is 16.5.